The fourth-order valence-corrected chi connectivity index (χ4v) is 3.64. The van der Waals surface area contributed by atoms with E-state index in [2.05, 4.69) is 44.6 Å². The molecule has 3 aromatic rings. The van der Waals surface area contributed by atoms with Gasteiger partial charge in [0.25, 0.3) is 0 Å². The molecule has 3 aromatic heterocycles. The lowest BCUT2D eigenvalue weighted by Crippen LogP contribution is -2.10. The molecule has 0 bridgehead atoms. The van der Waals surface area contributed by atoms with Gasteiger partial charge in [0.2, 0.25) is 5.95 Å². The molecule has 0 aliphatic heterocycles. The highest BCUT2D eigenvalue weighted by Gasteiger charge is 2.20. The van der Waals surface area contributed by atoms with Crippen LogP contribution >= 0.6 is 11.8 Å². The largest absolute Gasteiger partial charge is 0.492 e. The summed E-state index contributed by atoms with van der Waals surface area (Å²) in [5.74, 6) is 0.753. The maximum atomic E-state index is 14.3. The molecule has 0 atom stereocenters. The molecule has 0 aliphatic carbocycles. The van der Waals surface area contributed by atoms with Gasteiger partial charge in [0, 0.05) is 17.0 Å². The van der Waals surface area contributed by atoms with Crippen LogP contribution in [-0.4, -0.2) is 25.7 Å². The zero-order valence-corrected chi connectivity index (χ0v) is 17.1. The van der Waals surface area contributed by atoms with Crippen molar-refractivity contribution in [2.75, 3.05) is 12.3 Å². The van der Waals surface area contributed by atoms with E-state index in [1.54, 1.807) is 30.1 Å². The Morgan fingerprint density at radius 1 is 1.30 bits per heavy atom. The van der Waals surface area contributed by atoms with Gasteiger partial charge in [0.15, 0.2) is 0 Å². The van der Waals surface area contributed by atoms with Crippen LogP contribution in [0.1, 0.15) is 34.6 Å². The van der Waals surface area contributed by atoms with Gasteiger partial charge < -0.3 is 10.5 Å². The Morgan fingerprint density at radius 3 is 2.67 bits per heavy atom. The number of thioether (sulfide) groups is 1. The van der Waals surface area contributed by atoms with Gasteiger partial charge in [-0.1, -0.05) is 34.6 Å². The molecule has 27 heavy (non-hydrogen) atoms. The number of pyridine rings is 2. The first-order chi connectivity index (χ1) is 12.6. The topological polar surface area (TPSA) is 65.4 Å². The molecule has 0 unspecified atom stereocenters. The number of ether oxygens (including phenoxy) is 1. The summed E-state index contributed by atoms with van der Waals surface area (Å²) in [6.45, 7) is 11.3. The summed E-state index contributed by atoms with van der Waals surface area (Å²) < 4.78 is 22.2. The monoisotopic (exact) mass is 388 g/mol. The highest BCUT2D eigenvalue weighted by atomic mass is 32.2. The van der Waals surface area contributed by atoms with E-state index in [4.69, 9.17) is 10.5 Å². The number of hydrogen-bond donors (Lipinski definition) is 1. The first-order valence-electron chi connectivity index (χ1n) is 8.89. The molecule has 2 N–H and O–H groups in total. The number of rotatable bonds is 5. The number of hydrogen-bond acceptors (Lipinski definition) is 5. The van der Waals surface area contributed by atoms with Crippen molar-refractivity contribution in [2.45, 2.75) is 44.3 Å². The van der Waals surface area contributed by atoms with E-state index in [-0.39, 0.29) is 10.6 Å². The predicted molar refractivity (Wildman–Crippen MR) is 109 cm³/mol. The molecule has 0 saturated heterocycles. The van der Waals surface area contributed by atoms with Crippen molar-refractivity contribution in [1.82, 2.24) is 14.4 Å². The third-order valence-electron chi connectivity index (χ3n) is 3.71. The van der Waals surface area contributed by atoms with Gasteiger partial charge in [-0.25, -0.2) is 9.97 Å². The summed E-state index contributed by atoms with van der Waals surface area (Å²) in [7, 11) is 0. The van der Waals surface area contributed by atoms with Gasteiger partial charge in [-0.2, -0.15) is 4.39 Å². The number of aromatic nitrogens is 3. The van der Waals surface area contributed by atoms with Crippen molar-refractivity contribution >= 4 is 23.2 Å². The second kappa shape index (κ2) is 7.38. The SMILES string of the molecule is CC(C)COc1cc2ncc(-c3ccc(N)nc3F)n2cc1SC(C)(C)C. The van der Waals surface area contributed by atoms with E-state index < -0.39 is 5.95 Å². The molecule has 0 aromatic carbocycles. The summed E-state index contributed by atoms with van der Waals surface area (Å²) in [6, 6.07) is 5.12. The van der Waals surface area contributed by atoms with Crippen LogP contribution < -0.4 is 10.5 Å². The number of imidazole rings is 1. The molecular formula is C20H25FN4OS. The van der Waals surface area contributed by atoms with Crippen LogP contribution in [0.15, 0.2) is 35.5 Å². The van der Waals surface area contributed by atoms with Gasteiger partial charge in [0.1, 0.15) is 17.2 Å². The average Bonchev–Trinajstić information content (AvgIpc) is 2.93. The predicted octanol–water partition coefficient (Wildman–Crippen LogP) is 5.04. The van der Waals surface area contributed by atoms with Crippen LogP contribution in [0, 0.1) is 11.9 Å². The van der Waals surface area contributed by atoms with Crippen LogP contribution in [0.3, 0.4) is 0 Å². The number of nitrogens with zero attached hydrogens (tertiary/aromatic N) is 3. The third-order valence-corrected chi connectivity index (χ3v) is 4.85. The van der Waals surface area contributed by atoms with Crippen molar-refractivity contribution < 1.29 is 9.13 Å². The Kier molecular flexibility index (Phi) is 5.33. The van der Waals surface area contributed by atoms with Crippen molar-refractivity contribution in [3.05, 3.63) is 36.5 Å². The summed E-state index contributed by atoms with van der Waals surface area (Å²) in [5, 5.41) is 0. The smallest absolute Gasteiger partial charge is 0.224 e. The number of halogens is 1. The number of nitrogen functional groups attached to an aromatic ring is 1. The van der Waals surface area contributed by atoms with Crippen LogP contribution in [0.2, 0.25) is 0 Å². The summed E-state index contributed by atoms with van der Waals surface area (Å²) >= 11 is 1.70. The van der Waals surface area contributed by atoms with Crippen molar-refractivity contribution in [3.63, 3.8) is 0 Å². The van der Waals surface area contributed by atoms with Gasteiger partial charge in [-0.3, -0.25) is 4.40 Å². The highest BCUT2D eigenvalue weighted by Crippen LogP contribution is 2.39. The Hall–Kier alpha value is -2.28. The molecule has 0 spiro atoms. The lowest BCUT2D eigenvalue weighted by atomic mass is 10.2. The maximum Gasteiger partial charge on any atom is 0.224 e. The number of anilines is 1. The fourth-order valence-electron chi connectivity index (χ4n) is 2.60. The van der Waals surface area contributed by atoms with Crippen molar-refractivity contribution in [2.24, 2.45) is 5.92 Å². The van der Waals surface area contributed by atoms with Crippen molar-refractivity contribution in [3.8, 4) is 17.0 Å². The minimum atomic E-state index is -0.609. The van der Waals surface area contributed by atoms with Gasteiger partial charge in [-0.15, -0.1) is 11.8 Å². The summed E-state index contributed by atoms with van der Waals surface area (Å²) in [4.78, 5) is 9.14. The van der Waals surface area contributed by atoms with E-state index in [1.807, 2.05) is 16.7 Å². The molecule has 5 nitrogen and oxygen atoms in total. The lowest BCUT2D eigenvalue weighted by molar-refractivity contribution is 0.265. The maximum absolute atomic E-state index is 14.3. The number of fused-ring (bicyclic) bond motifs is 1. The lowest BCUT2D eigenvalue weighted by Gasteiger charge is -2.21. The number of nitrogens with two attached hydrogens (primary N) is 1. The van der Waals surface area contributed by atoms with Crippen LogP contribution in [0.25, 0.3) is 16.9 Å². The quantitative estimate of drug-likeness (QED) is 0.490. The molecule has 0 amide bonds. The van der Waals surface area contributed by atoms with E-state index in [0.29, 0.717) is 29.4 Å². The van der Waals surface area contributed by atoms with E-state index >= 15 is 0 Å². The minimum Gasteiger partial charge on any atom is -0.492 e. The molecule has 3 heterocycles. The van der Waals surface area contributed by atoms with Crippen molar-refractivity contribution in [1.29, 1.82) is 0 Å². The summed E-state index contributed by atoms with van der Waals surface area (Å²) in [6.07, 6.45) is 3.60. The Bertz CT molecular complexity index is 963. The molecule has 7 heteroatoms. The van der Waals surface area contributed by atoms with E-state index in [9.17, 15) is 4.39 Å². The molecule has 0 radical (unpaired) electrons. The fraction of sp³-hybridized carbons (Fsp3) is 0.400. The molecule has 0 fully saturated rings. The summed E-state index contributed by atoms with van der Waals surface area (Å²) in [5.41, 5.74) is 7.25. The average molecular weight is 389 g/mol. The first kappa shape index (κ1) is 19.5. The molecule has 3 rings (SSSR count). The highest BCUT2D eigenvalue weighted by molar-refractivity contribution is 8.00. The Morgan fingerprint density at radius 2 is 2.04 bits per heavy atom. The molecule has 0 aliphatic rings. The normalized spacial score (nSPS) is 12.1. The van der Waals surface area contributed by atoms with Crippen LogP contribution in [0.4, 0.5) is 10.2 Å². The van der Waals surface area contributed by atoms with Crippen LogP contribution in [-0.2, 0) is 0 Å². The molecule has 0 saturated carbocycles. The zero-order valence-electron chi connectivity index (χ0n) is 16.3. The zero-order chi connectivity index (χ0) is 19.8. The Balaban J connectivity index is 2.12. The second-order valence-corrected chi connectivity index (χ2v) is 9.74. The molecular weight excluding hydrogens is 363 g/mol. The van der Waals surface area contributed by atoms with Crippen LogP contribution in [0.5, 0.6) is 5.75 Å². The van der Waals surface area contributed by atoms with E-state index in [0.717, 1.165) is 10.6 Å². The van der Waals surface area contributed by atoms with Gasteiger partial charge >= 0.3 is 0 Å². The third kappa shape index (κ3) is 4.53. The Labute approximate surface area is 163 Å². The first-order valence-corrected chi connectivity index (χ1v) is 9.71. The molecule has 144 valence electrons. The van der Waals surface area contributed by atoms with Gasteiger partial charge in [-0.05, 0) is 18.1 Å². The van der Waals surface area contributed by atoms with Gasteiger partial charge in [0.05, 0.1) is 29.0 Å². The minimum absolute atomic E-state index is 0.00162. The van der Waals surface area contributed by atoms with E-state index in [1.165, 1.54) is 0 Å². The standard InChI is InChI=1S/C20H25FN4OS/c1-12(2)11-26-15-8-18-23-9-14(13-6-7-17(22)24-19(13)21)25(18)10-16(15)27-20(3,4)5/h6-10,12H,11H2,1-5H3,(H2,22,24). The second-order valence-electron chi connectivity index (χ2n) is 7.87.